The summed E-state index contributed by atoms with van der Waals surface area (Å²) in [6.07, 6.45) is 0. The lowest BCUT2D eigenvalue weighted by Crippen LogP contribution is -2.11. The molecule has 0 saturated carbocycles. The van der Waals surface area contributed by atoms with E-state index in [2.05, 4.69) is 20.5 Å². The Labute approximate surface area is 165 Å². The molecule has 1 N–H and O–H groups in total. The molecule has 1 aromatic carbocycles. The molecule has 27 heavy (non-hydrogen) atoms. The number of benzene rings is 1. The summed E-state index contributed by atoms with van der Waals surface area (Å²) in [6.45, 7) is 5.89. The maximum Gasteiger partial charge on any atom is 0.269 e. The zero-order valence-electron chi connectivity index (χ0n) is 15.7. The van der Waals surface area contributed by atoms with E-state index in [9.17, 15) is 4.79 Å². The molecule has 0 spiro atoms. The van der Waals surface area contributed by atoms with E-state index >= 15 is 0 Å². The van der Waals surface area contributed by atoms with Crippen LogP contribution in [0.4, 0.5) is 5.13 Å². The van der Waals surface area contributed by atoms with Crippen LogP contribution in [0.2, 0.25) is 0 Å². The molecule has 0 fully saturated rings. The van der Waals surface area contributed by atoms with E-state index in [-0.39, 0.29) is 11.8 Å². The first-order valence-corrected chi connectivity index (χ1v) is 9.90. The number of hydrogen-bond acceptors (Lipinski definition) is 8. The molecule has 142 valence electrons. The molecule has 0 aliphatic carbocycles. The van der Waals surface area contributed by atoms with Gasteiger partial charge >= 0.3 is 0 Å². The molecule has 0 radical (unpaired) electrons. The minimum Gasteiger partial charge on any atom is -0.493 e. The molecule has 1 amide bonds. The van der Waals surface area contributed by atoms with Crippen LogP contribution in [0.1, 0.15) is 40.1 Å². The highest BCUT2D eigenvalue weighted by molar-refractivity contribution is 7.17. The van der Waals surface area contributed by atoms with Crippen LogP contribution < -0.4 is 14.8 Å². The smallest absolute Gasteiger partial charge is 0.269 e. The van der Waals surface area contributed by atoms with Crippen molar-refractivity contribution in [3.8, 4) is 22.1 Å². The van der Waals surface area contributed by atoms with Crippen LogP contribution in [0, 0.1) is 6.92 Å². The monoisotopic (exact) mass is 404 g/mol. The molecular weight excluding hydrogens is 384 g/mol. The Morgan fingerprint density at radius 1 is 1.11 bits per heavy atom. The molecule has 3 aromatic rings. The third-order valence-electron chi connectivity index (χ3n) is 3.79. The highest BCUT2D eigenvalue weighted by atomic mass is 32.1. The van der Waals surface area contributed by atoms with Gasteiger partial charge in [0.2, 0.25) is 5.13 Å². The van der Waals surface area contributed by atoms with Gasteiger partial charge in [-0.1, -0.05) is 25.2 Å². The van der Waals surface area contributed by atoms with E-state index in [0.717, 1.165) is 15.6 Å². The molecule has 0 aliphatic heterocycles. The van der Waals surface area contributed by atoms with Crippen molar-refractivity contribution >= 4 is 33.7 Å². The number of methoxy groups -OCH3 is 2. The van der Waals surface area contributed by atoms with Gasteiger partial charge in [-0.3, -0.25) is 10.1 Å². The highest BCUT2D eigenvalue weighted by Crippen LogP contribution is 2.35. The maximum absolute atomic E-state index is 12.6. The fraction of sp³-hybridized carbons (Fsp3) is 0.333. The van der Waals surface area contributed by atoms with Gasteiger partial charge in [0.25, 0.3) is 5.91 Å². The summed E-state index contributed by atoms with van der Waals surface area (Å²) in [7, 11) is 3.17. The van der Waals surface area contributed by atoms with Crippen LogP contribution in [-0.2, 0) is 0 Å². The first kappa shape index (κ1) is 19.2. The first-order chi connectivity index (χ1) is 12.9. The lowest BCUT2D eigenvalue weighted by atomic mass is 10.2. The molecule has 0 saturated heterocycles. The topological polar surface area (TPSA) is 86.2 Å². The second-order valence-corrected chi connectivity index (χ2v) is 8.07. The Morgan fingerprint density at radius 3 is 2.48 bits per heavy atom. The van der Waals surface area contributed by atoms with Crippen LogP contribution in [-0.4, -0.2) is 35.3 Å². The van der Waals surface area contributed by atoms with E-state index in [4.69, 9.17) is 9.47 Å². The summed E-state index contributed by atoms with van der Waals surface area (Å²) in [5, 5.41) is 13.0. The Hall–Kier alpha value is -2.52. The van der Waals surface area contributed by atoms with Crippen LogP contribution in [0.15, 0.2) is 18.2 Å². The number of amides is 1. The van der Waals surface area contributed by atoms with Crippen molar-refractivity contribution in [2.24, 2.45) is 0 Å². The number of hydrogen-bond donors (Lipinski definition) is 1. The van der Waals surface area contributed by atoms with E-state index in [1.54, 1.807) is 14.2 Å². The van der Waals surface area contributed by atoms with Crippen molar-refractivity contribution in [1.29, 1.82) is 0 Å². The van der Waals surface area contributed by atoms with Crippen LogP contribution >= 0.6 is 22.7 Å². The van der Waals surface area contributed by atoms with Gasteiger partial charge in [-0.25, -0.2) is 4.98 Å². The number of rotatable bonds is 6. The number of thiazole rings is 1. The number of carbonyl (C=O) groups excluding carboxylic acids is 1. The van der Waals surface area contributed by atoms with Gasteiger partial charge in [0, 0.05) is 11.5 Å². The van der Waals surface area contributed by atoms with E-state index in [1.807, 2.05) is 39.0 Å². The van der Waals surface area contributed by atoms with Gasteiger partial charge in [0.05, 0.1) is 19.9 Å². The Kier molecular flexibility index (Phi) is 5.71. The Bertz CT molecular complexity index is 965. The van der Waals surface area contributed by atoms with Crippen molar-refractivity contribution in [2.75, 3.05) is 19.5 Å². The number of nitrogens with zero attached hydrogens (tertiary/aromatic N) is 3. The van der Waals surface area contributed by atoms with Crippen molar-refractivity contribution in [2.45, 2.75) is 26.7 Å². The summed E-state index contributed by atoms with van der Waals surface area (Å²) in [6, 6.07) is 5.55. The minimum absolute atomic E-state index is 0.233. The molecule has 9 heteroatoms. The standard InChI is InChI=1S/C18H20N4O3S2/c1-9(2)16-21-22-18(27-16)20-15(23)14-10(3)19-17(26-14)11-6-7-12(24-4)13(8-11)25-5/h6-9H,1-5H3,(H,20,22,23). The molecular formula is C18H20N4O3S2. The molecule has 0 bridgehead atoms. The average molecular weight is 405 g/mol. The van der Waals surface area contributed by atoms with Gasteiger partial charge in [-0.15, -0.1) is 21.5 Å². The van der Waals surface area contributed by atoms with Gasteiger partial charge in [0.1, 0.15) is 14.9 Å². The van der Waals surface area contributed by atoms with Gasteiger partial charge in [-0.2, -0.15) is 0 Å². The lowest BCUT2D eigenvalue weighted by molar-refractivity contribution is 0.102. The zero-order valence-corrected chi connectivity index (χ0v) is 17.3. The fourth-order valence-electron chi connectivity index (χ4n) is 2.37. The second kappa shape index (κ2) is 8.01. The fourth-order valence-corrected chi connectivity index (χ4v) is 4.07. The third kappa shape index (κ3) is 4.09. The summed E-state index contributed by atoms with van der Waals surface area (Å²) in [4.78, 5) is 17.7. The van der Waals surface area contributed by atoms with Gasteiger partial charge in [0.15, 0.2) is 11.5 Å². The number of aryl methyl sites for hydroxylation is 1. The van der Waals surface area contributed by atoms with Crippen molar-refractivity contribution in [3.63, 3.8) is 0 Å². The summed E-state index contributed by atoms with van der Waals surface area (Å²) in [5.74, 6) is 1.30. The van der Waals surface area contributed by atoms with Crippen molar-refractivity contribution in [3.05, 3.63) is 33.8 Å². The SMILES string of the molecule is COc1ccc(-c2nc(C)c(C(=O)Nc3nnc(C(C)C)s3)s2)cc1OC. The van der Waals surface area contributed by atoms with E-state index in [1.165, 1.54) is 22.7 Å². The molecule has 0 atom stereocenters. The molecule has 0 aliphatic rings. The maximum atomic E-state index is 12.6. The molecule has 2 aromatic heterocycles. The summed E-state index contributed by atoms with van der Waals surface area (Å²) in [5.41, 5.74) is 1.52. The molecule has 3 rings (SSSR count). The largest absolute Gasteiger partial charge is 0.493 e. The Balaban J connectivity index is 1.84. The van der Waals surface area contributed by atoms with Crippen molar-refractivity contribution in [1.82, 2.24) is 15.2 Å². The number of aromatic nitrogens is 3. The molecule has 7 nitrogen and oxygen atoms in total. The molecule has 0 unspecified atom stereocenters. The quantitative estimate of drug-likeness (QED) is 0.657. The number of nitrogens with one attached hydrogen (secondary N) is 1. The van der Waals surface area contributed by atoms with Crippen LogP contribution in [0.25, 0.3) is 10.6 Å². The summed E-state index contributed by atoms with van der Waals surface area (Å²) < 4.78 is 10.6. The van der Waals surface area contributed by atoms with Crippen LogP contribution in [0.3, 0.4) is 0 Å². The predicted molar refractivity (Wildman–Crippen MR) is 107 cm³/mol. The predicted octanol–water partition coefficient (Wildman–Crippen LogP) is 4.36. The number of anilines is 1. The van der Waals surface area contributed by atoms with Crippen LogP contribution in [0.5, 0.6) is 11.5 Å². The van der Waals surface area contributed by atoms with Gasteiger partial charge < -0.3 is 9.47 Å². The average Bonchev–Trinajstić information content (AvgIpc) is 3.28. The number of carbonyl (C=O) groups is 1. The van der Waals surface area contributed by atoms with E-state index in [0.29, 0.717) is 27.2 Å². The number of ether oxygens (including phenoxy) is 2. The van der Waals surface area contributed by atoms with Crippen molar-refractivity contribution < 1.29 is 14.3 Å². The lowest BCUT2D eigenvalue weighted by Gasteiger charge is -2.08. The first-order valence-electron chi connectivity index (χ1n) is 8.27. The summed E-state index contributed by atoms with van der Waals surface area (Å²) >= 11 is 2.70. The van der Waals surface area contributed by atoms with Gasteiger partial charge in [-0.05, 0) is 25.1 Å². The normalized spacial score (nSPS) is 10.9. The zero-order chi connectivity index (χ0) is 19.6. The third-order valence-corrected chi connectivity index (χ3v) is 6.13. The highest BCUT2D eigenvalue weighted by Gasteiger charge is 2.19. The Morgan fingerprint density at radius 2 is 1.85 bits per heavy atom. The van der Waals surface area contributed by atoms with E-state index < -0.39 is 0 Å². The minimum atomic E-state index is -0.233. The second-order valence-electron chi connectivity index (χ2n) is 6.06. The molecule has 2 heterocycles.